The molecule has 1 N–H and O–H groups in total. The van der Waals surface area contributed by atoms with E-state index in [0.717, 1.165) is 39.1 Å². The van der Waals surface area contributed by atoms with E-state index in [9.17, 15) is 5.26 Å². The lowest BCUT2D eigenvalue weighted by Gasteiger charge is -2.33. The fraction of sp³-hybridized carbons (Fsp3) is 0.938. The van der Waals surface area contributed by atoms with Crippen molar-refractivity contribution in [1.82, 2.24) is 10.2 Å². The molecular weight excluding hydrogens is 250 g/mol. The number of likely N-dealkylation sites (N-methyl/N-ethyl adjacent to an activating group) is 1. The topological polar surface area (TPSA) is 48.3 Å². The first-order valence-electron chi connectivity index (χ1n) is 7.98. The van der Waals surface area contributed by atoms with E-state index in [4.69, 9.17) is 4.74 Å². The van der Waals surface area contributed by atoms with Gasteiger partial charge in [-0.25, -0.2) is 0 Å². The Bertz CT molecular complexity index is 313. The van der Waals surface area contributed by atoms with Crippen LogP contribution in [0, 0.1) is 17.2 Å². The minimum absolute atomic E-state index is 0.297. The molecule has 0 spiro atoms. The highest BCUT2D eigenvalue weighted by Crippen LogP contribution is 2.38. The number of ether oxygens (including phenoxy) is 1. The Morgan fingerprint density at radius 2 is 2.20 bits per heavy atom. The van der Waals surface area contributed by atoms with Crippen LogP contribution in [0.4, 0.5) is 0 Å². The van der Waals surface area contributed by atoms with Gasteiger partial charge in [0.15, 0.2) is 0 Å². The first-order valence-corrected chi connectivity index (χ1v) is 7.98. The van der Waals surface area contributed by atoms with Gasteiger partial charge in [0.25, 0.3) is 0 Å². The van der Waals surface area contributed by atoms with Crippen LogP contribution in [0.25, 0.3) is 0 Å². The van der Waals surface area contributed by atoms with E-state index in [0.29, 0.717) is 12.0 Å². The lowest BCUT2D eigenvalue weighted by molar-refractivity contribution is 0.142. The van der Waals surface area contributed by atoms with Crippen LogP contribution < -0.4 is 5.32 Å². The van der Waals surface area contributed by atoms with Gasteiger partial charge in [-0.05, 0) is 52.1 Å². The molecule has 0 bridgehead atoms. The van der Waals surface area contributed by atoms with Gasteiger partial charge in [0.2, 0.25) is 0 Å². The minimum Gasteiger partial charge on any atom is -0.383 e. The van der Waals surface area contributed by atoms with Crippen molar-refractivity contribution in [2.75, 3.05) is 33.4 Å². The van der Waals surface area contributed by atoms with Gasteiger partial charge in [0.1, 0.15) is 5.54 Å². The maximum Gasteiger partial charge on any atom is 0.109 e. The van der Waals surface area contributed by atoms with Crippen LogP contribution in [-0.4, -0.2) is 49.8 Å². The van der Waals surface area contributed by atoms with Gasteiger partial charge in [0.05, 0.1) is 12.7 Å². The van der Waals surface area contributed by atoms with E-state index in [1.165, 1.54) is 12.8 Å². The molecule has 4 nitrogen and oxygen atoms in total. The van der Waals surface area contributed by atoms with Gasteiger partial charge in [-0.3, -0.25) is 5.32 Å². The molecule has 0 aliphatic heterocycles. The zero-order valence-electron chi connectivity index (χ0n) is 13.6. The first-order chi connectivity index (χ1) is 9.57. The molecular formula is C16H31N3O. The molecule has 0 saturated heterocycles. The van der Waals surface area contributed by atoms with E-state index >= 15 is 0 Å². The van der Waals surface area contributed by atoms with Gasteiger partial charge >= 0.3 is 0 Å². The highest BCUT2D eigenvalue weighted by molar-refractivity contribution is 5.14. The molecule has 116 valence electrons. The summed E-state index contributed by atoms with van der Waals surface area (Å²) in [6.45, 7) is 10.3. The van der Waals surface area contributed by atoms with E-state index in [1.807, 2.05) is 0 Å². The smallest absolute Gasteiger partial charge is 0.109 e. The molecule has 0 aromatic rings. The molecule has 4 heteroatoms. The molecule has 1 rings (SSSR count). The summed E-state index contributed by atoms with van der Waals surface area (Å²) in [6.07, 6.45) is 4.44. The largest absolute Gasteiger partial charge is 0.383 e. The molecule has 0 amide bonds. The van der Waals surface area contributed by atoms with Gasteiger partial charge in [-0.1, -0.05) is 13.3 Å². The fourth-order valence-corrected chi connectivity index (χ4v) is 3.34. The van der Waals surface area contributed by atoms with Crippen molar-refractivity contribution in [3.63, 3.8) is 0 Å². The Morgan fingerprint density at radius 1 is 1.45 bits per heavy atom. The number of nitriles is 1. The zero-order chi connectivity index (χ0) is 15.0. The lowest BCUT2D eigenvalue weighted by atomic mass is 9.85. The van der Waals surface area contributed by atoms with Crippen LogP contribution in [0.1, 0.15) is 46.5 Å². The molecule has 0 aromatic carbocycles. The van der Waals surface area contributed by atoms with Crippen molar-refractivity contribution in [1.29, 1.82) is 5.26 Å². The number of nitrogens with one attached hydrogen (secondary N) is 1. The summed E-state index contributed by atoms with van der Waals surface area (Å²) < 4.78 is 5.15. The average molecular weight is 281 g/mol. The zero-order valence-corrected chi connectivity index (χ0v) is 13.6. The van der Waals surface area contributed by atoms with Crippen LogP contribution in [-0.2, 0) is 4.74 Å². The summed E-state index contributed by atoms with van der Waals surface area (Å²) in [5.41, 5.74) is -0.297. The van der Waals surface area contributed by atoms with Crippen molar-refractivity contribution >= 4 is 0 Å². The fourth-order valence-electron chi connectivity index (χ4n) is 3.34. The Balaban J connectivity index is 2.54. The van der Waals surface area contributed by atoms with Gasteiger partial charge in [0, 0.05) is 19.7 Å². The number of hydrogen-bond acceptors (Lipinski definition) is 4. The summed E-state index contributed by atoms with van der Waals surface area (Å²) in [5.74, 6) is 0.478. The maximum absolute atomic E-state index is 9.65. The normalized spacial score (nSPS) is 26.4. The summed E-state index contributed by atoms with van der Waals surface area (Å²) in [6, 6.07) is 2.96. The first kappa shape index (κ1) is 17.4. The molecule has 20 heavy (non-hydrogen) atoms. The van der Waals surface area contributed by atoms with Crippen molar-refractivity contribution < 1.29 is 4.74 Å². The van der Waals surface area contributed by atoms with E-state index in [2.05, 4.69) is 37.1 Å². The van der Waals surface area contributed by atoms with Crippen molar-refractivity contribution in [2.24, 2.45) is 5.92 Å². The van der Waals surface area contributed by atoms with Crippen LogP contribution in [0.3, 0.4) is 0 Å². The van der Waals surface area contributed by atoms with Crippen LogP contribution >= 0.6 is 0 Å². The van der Waals surface area contributed by atoms with Crippen molar-refractivity contribution in [2.45, 2.75) is 58.0 Å². The molecule has 1 aliphatic rings. The molecule has 1 fully saturated rings. The second-order valence-electron chi connectivity index (χ2n) is 6.19. The number of hydrogen-bond donors (Lipinski definition) is 1. The number of nitrogens with zero attached hydrogens (tertiary/aromatic N) is 2. The van der Waals surface area contributed by atoms with E-state index in [1.54, 1.807) is 7.11 Å². The summed E-state index contributed by atoms with van der Waals surface area (Å²) >= 11 is 0. The van der Waals surface area contributed by atoms with Gasteiger partial charge in [-0.15, -0.1) is 0 Å². The Hall–Kier alpha value is -0.630. The molecule has 1 saturated carbocycles. The summed E-state index contributed by atoms with van der Waals surface area (Å²) in [5, 5.41) is 13.2. The lowest BCUT2D eigenvalue weighted by Crippen LogP contribution is -2.50. The molecule has 1 aliphatic carbocycles. The maximum atomic E-state index is 9.65. The Morgan fingerprint density at radius 3 is 2.75 bits per heavy atom. The average Bonchev–Trinajstić information content (AvgIpc) is 2.81. The summed E-state index contributed by atoms with van der Waals surface area (Å²) in [4.78, 5) is 2.42. The summed E-state index contributed by atoms with van der Waals surface area (Å²) in [7, 11) is 1.75. The molecule has 2 atom stereocenters. The van der Waals surface area contributed by atoms with E-state index < -0.39 is 0 Å². The van der Waals surface area contributed by atoms with Crippen LogP contribution in [0.2, 0.25) is 0 Å². The van der Waals surface area contributed by atoms with Crippen molar-refractivity contribution in [3.05, 3.63) is 0 Å². The van der Waals surface area contributed by atoms with Gasteiger partial charge in [-0.2, -0.15) is 5.26 Å². The third kappa shape index (κ3) is 4.73. The predicted molar refractivity (Wildman–Crippen MR) is 82.6 cm³/mol. The van der Waals surface area contributed by atoms with Crippen molar-refractivity contribution in [3.8, 4) is 6.07 Å². The third-order valence-corrected chi connectivity index (χ3v) is 4.42. The second-order valence-corrected chi connectivity index (χ2v) is 6.19. The quantitative estimate of drug-likeness (QED) is 0.705. The standard InChI is InChI=1S/C16H31N3O/c1-5-19(11-12-20-4)10-8-15-7-6-9-16(15,13-17)18-14(2)3/h14-15,18H,5-12H2,1-4H3. The van der Waals surface area contributed by atoms with E-state index in [-0.39, 0.29) is 5.54 Å². The second kappa shape index (κ2) is 8.61. The molecule has 0 heterocycles. The van der Waals surface area contributed by atoms with Crippen LogP contribution in [0.5, 0.6) is 0 Å². The molecule has 2 unspecified atom stereocenters. The highest BCUT2D eigenvalue weighted by atomic mass is 16.5. The minimum atomic E-state index is -0.297. The number of rotatable bonds is 9. The SMILES string of the molecule is CCN(CCOC)CCC1CCCC1(C#N)NC(C)C. The molecule has 0 radical (unpaired) electrons. The Kier molecular flexibility index (Phi) is 7.50. The van der Waals surface area contributed by atoms with Crippen LogP contribution in [0.15, 0.2) is 0 Å². The predicted octanol–water partition coefficient (Wildman–Crippen LogP) is 2.41. The Labute approximate surface area is 124 Å². The molecule has 0 aromatic heterocycles. The highest BCUT2D eigenvalue weighted by Gasteiger charge is 2.43. The number of methoxy groups -OCH3 is 1. The third-order valence-electron chi connectivity index (χ3n) is 4.42. The monoisotopic (exact) mass is 281 g/mol. The van der Waals surface area contributed by atoms with Gasteiger partial charge < -0.3 is 9.64 Å².